The molecule has 1 N–H and O–H groups in total. The number of hydrogen-bond acceptors (Lipinski definition) is 11. The molecule has 0 heterocycles. The highest BCUT2D eigenvalue weighted by Crippen LogP contribution is 2.38. The van der Waals surface area contributed by atoms with Gasteiger partial charge in [0.05, 0.1) is 42.4 Å². The van der Waals surface area contributed by atoms with Gasteiger partial charge < -0.3 is 19.5 Å². The van der Waals surface area contributed by atoms with Crippen molar-refractivity contribution >= 4 is 87.2 Å². The van der Waals surface area contributed by atoms with Crippen LogP contribution in [0.3, 0.4) is 0 Å². The van der Waals surface area contributed by atoms with E-state index in [-0.39, 0.29) is 17.3 Å². The number of hydrogen-bond donors (Lipinski definition) is 1. The fourth-order valence-corrected chi connectivity index (χ4v) is 3.52. The van der Waals surface area contributed by atoms with Gasteiger partial charge in [0.1, 0.15) is 0 Å². The first-order valence-corrected chi connectivity index (χ1v) is 13.8. The number of nitrogens with one attached hydrogen (secondary N) is 1. The Labute approximate surface area is 280 Å². The first-order valence-electron chi connectivity index (χ1n) is 12.6. The van der Waals surface area contributed by atoms with Crippen LogP contribution in [0.25, 0.3) is 0 Å². The van der Waals surface area contributed by atoms with Crippen molar-refractivity contribution in [3.63, 3.8) is 0 Å². The van der Waals surface area contributed by atoms with Gasteiger partial charge in [-0.2, -0.15) is 15.0 Å². The zero-order chi connectivity index (χ0) is 34.6. The Morgan fingerprint density at radius 1 is 0.587 bits per heavy atom. The first-order chi connectivity index (χ1) is 21.9. The summed E-state index contributed by atoms with van der Waals surface area (Å²) in [5.41, 5.74) is 2.28. The van der Waals surface area contributed by atoms with Crippen LogP contribution >= 0.6 is 36.7 Å². The van der Waals surface area contributed by atoms with E-state index in [1.54, 1.807) is 36.4 Å². The van der Waals surface area contributed by atoms with Crippen LogP contribution in [0.15, 0.2) is 75.6 Å². The fraction of sp³-hybridized carbons (Fsp3) is 0.161. The molecule has 0 radical (unpaired) electrons. The standard InChI is InChI=1S/C11H11NO4S.C10H8N2O2S.C10H7NO2S/c1-14-8-4-7(11(13)12-6-17)5-9(15-2)10(8)16-3;1-7(13)12-9-4-2-8(3-5-9)10(14)11-6-15;1-7(12)8-2-4-9(5-3-8)10(13)11-6-14/h4-5H,1-3H3;2-5H,1H3,(H,12,13);2-5H,1H3. The molecule has 0 saturated heterocycles. The van der Waals surface area contributed by atoms with E-state index in [2.05, 4.69) is 56.9 Å². The van der Waals surface area contributed by atoms with E-state index in [1.807, 2.05) is 15.5 Å². The van der Waals surface area contributed by atoms with Gasteiger partial charge in [0.15, 0.2) is 17.3 Å². The van der Waals surface area contributed by atoms with Gasteiger partial charge in [-0.1, -0.05) is 12.1 Å². The quantitative estimate of drug-likeness (QED) is 0.170. The Morgan fingerprint density at radius 3 is 1.28 bits per heavy atom. The largest absolute Gasteiger partial charge is 0.493 e. The summed E-state index contributed by atoms with van der Waals surface area (Å²) in [7, 11) is 4.42. The summed E-state index contributed by atoms with van der Waals surface area (Å²) < 4.78 is 15.3. The zero-order valence-electron chi connectivity index (χ0n) is 25.1. The van der Waals surface area contributed by atoms with Crippen molar-refractivity contribution in [1.82, 2.24) is 0 Å². The highest BCUT2D eigenvalue weighted by atomic mass is 32.1. The highest BCUT2D eigenvalue weighted by molar-refractivity contribution is 7.78. The molecule has 0 atom stereocenters. The average molecular weight is 679 g/mol. The van der Waals surface area contributed by atoms with E-state index in [1.165, 1.54) is 59.4 Å². The lowest BCUT2D eigenvalue weighted by Gasteiger charge is -2.12. The predicted octanol–water partition coefficient (Wildman–Crippen LogP) is 5.98. The number of carbonyl (C=O) groups excluding carboxylic acids is 5. The third-order valence-electron chi connectivity index (χ3n) is 5.34. The molecule has 0 aromatic heterocycles. The summed E-state index contributed by atoms with van der Waals surface area (Å²) >= 11 is 13.0. The smallest absolute Gasteiger partial charge is 0.286 e. The van der Waals surface area contributed by atoms with E-state index in [9.17, 15) is 24.0 Å². The van der Waals surface area contributed by atoms with Crippen molar-refractivity contribution < 1.29 is 38.2 Å². The first kappa shape index (κ1) is 38.6. The van der Waals surface area contributed by atoms with Crippen LogP contribution in [0.5, 0.6) is 17.2 Å². The number of rotatable bonds is 8. The topological polar surface area (TPSA) is 162 Å². The molecule has 0 fully saturated rings. The van der Waals surface area contributed by atoms with Gasteiger partial charge in [-0.3, -0.25) is 24.0 Å². The Hall–Kier alpha value is -5.39. The van der Waals surface area contributed by atoms with Crippen LogP contribution in [-0.4, -0.2) is 66.2 Å². The molecule has 0 spiro atoms. The minimum Gasteiger partial charge on any atom is -0.493 e. The van der Waals surface area contributed by atoms with Crippen molar-refractivity contribution in [3.05, 3.63) is 82.9 Å². The van der Waals surface area contributed by atoms with Crippen molar-refractivity contribution in [3.8, 4) is 17.2 Å². The van der Waals surface area contributed by atoms with Gasteiger partial charge in [0.25, 0.3) is 17.7 Å². The second-order valence-electron chi connectivity index (χ2n) is 8.33. The van der Waals surface area contributed by atoms with E-state index in [0.29, 0.717) is 39.6 Å². The van der Waals surface area contributed by atoms with Crippen LogP contribution in [0.4, 0.5) is 5.69 Å². The Kier molecular flexibility index (Phi) is 17.3. The van der Waals surface area contributed by atoms with Gasteiger partial charge in [-0.05, 0) is 92.1 Å². The Bertz CT molecular complexity index is 1720. The number of ketones is 1. The second kappa shape index (κ2) is 20.5. The molecule has 236 valence electrons. The summed E-state index contributed by atoms with van der Waals surface area (Å²) in [5.74, 6) is -0.426. The third kappa shape index (κ3) is 12.7. The van der Waals surface area contributed by atoms with E-state index >= 15 is 0 Å². The number of thiocarbonyl (C=S) groups is 3. The van der Waals surface area contributed by atoms with Crippen LogP contribution in [0.2, 0.25) is 0 Å². The van der Waals surface area contributed by atoms with E-state index in [4.69, 9.17) is 14.2 Å². The fourth-order valence-electron chi connectivity index (χ4n) is 3.27. The number of nitrogens with zero attached hydrogens (tertiary/aromatic N) is 3. The second-order valence-corrected chi connectivity index (χ2v) is 8.88. The summed E-state index contributed by atoms with van der Waals surface area (Å²) in [4.78, 5) is 65.5. The zero-order valence-corrected chi connectivity index (χ0v) is 27.6. The SMILES string of the molecule is CC(=O)Nc1ccc(C(=O)N=C=S)cc1.CC(=O)c1ccc(C(=O)N=C=S)cc1.COc1cc(C(=O)N=C=S)cc(OC)c1OC. The molecule has 4 amide bonds. The van der Waals surface area contributed by atoms with Crippen molar-refractivity contribution in [1.29, 1.82) is 0 Å². The molecule has 0 aliphatic heterocycles. The number of ether oxygens (including phenoxy) is 3. The number of isothiocyanates is 3. The normalized spacial score (nSPS) is 8.98. The molecule has 0 aliphatic carbocycles. The Morgan fingerprint density at radius 2 is 0.957 bits per heavy atom. The number of aliphatic imine (C=N–C) groups is 3. The van der Waals surface area contributed by atoms with Gasteiger partial charge in [0.2, 0.25) is 11.7 Å². The number of Topliss-reactive ketones (excluding diaryl/α,β-unsaturated/α-hetero) is 1. The molecule has 0 unspecified atom stereocenters. The number of amides is 4. The highest BCUT2D eigenvalue weighted by Gasteiger charge is 2.16. The molecule has 46 heavy (non-hydrogen) atoms. The maximum atomic E-state index is 11.5. The minimum atomic E-state index is -0.515. The van der Waals surface area contributed by atoms with E-state index < -0.39 is 17.7 Å². The number of carbonyl (C=O) groups is 5. The summed E-state index contributed by atoms with van der Waals surface area (Å²) in [6.45, 7) is 2.88. The summed E-state index contributed by atoms with van der Waals surface area (Å²) in [6, 6.07) is 15.6. The molecule has 12 nitrogen and oxygen atoms in total. The molecule has 0 saturated carbocycles. The van der Waals surface area contributed by atoms with Crippen LogP contribution in [0.1, 0.15) is 55.3 Å². The molecular formula is C31H26N4O8S3. The molecule has 3 rings (SSSR count). The molecule has 0 aliphatic rings. The number of anilines is 1. The summed E-state index contributed by atoms with van der Waals surface area (Å²) in [6.07, 6.45) is 0. The molecule has 15 heteroatoms. The van der Waals surface area contributed by atoms with Crippen LogP contribution < -0.4 is 19.5 Å². The van der Waals surface area contributed by atoms with Gasteiger partial charge in [-0.25, -0.2) is 0 Å². The van der Waals surface area contributed by atoms with Crippen molar-refractivity contribution in [2.45, 2.75) is 13.8 Å². The van der Waals surface area contributed by atoms with Crippen LogP contribution in [-0.2, 0) is 4.79 Å². The third-order valence-corrected chi connectivity index (χ3v) is 5.62. The Balaban J connectivity index is 0.000000347. The van der Waals surface area contributed by atoms with Gasteiger partial charge in [-0.15, -0.1) is 0 Å². The van der Waals surface area contributed by atoms with Crippen molar-refractivity contribution in [2.24, 2.45) is 15.0 Å². The molecule has 3 aromatic carbocycles. The molecular weight excluding hydrogens is 653 g/mol. The maximum absolute atomic E-state index is 11.5. The monoisotopic (exact) mass is 678 g/mol. The lowest BCUT2D eigenvalue weighted by Crippen LogP contribution is -2.05. The van der Waals surface area contributed by atoms with Crippen LogP contribution in [0, 0.1) is 0 Å². The van der Waals surface area contributed by atoms with Gasteiger partial charge in [0, 0.05) is 29.3 Å². The molecule has 0 bridgehead atoms. The average Bonchev–Trinajstić information content (AvgIpc) is 3.05. The molecule has 3 aromatic rings. The summed E-state index contributed by atoms with van der Waals surface area (Å²) in [5, 5.41) is 8.60. The van der Waals surface area contributed by atoms with E-state index in [0.717, 1.165) is 0 Å². The lowest BCUT2D eigenvalue weighted by atomic mass is 10.1. The number of benzene rings is 3. The number of methoxy groups -OCH3 is 3. The minimum absolute atomic E-state index is 0.0395. The van der Waals surface area contributed by atoms with Crippen molar-refractivity contribution in [2.75, 3.05) is 26.6 Å². The lowest BCUT2D eigenvalue weighted by molar-refractivity contribution is -0.114. The predicted molar refractivity (Wildman–Crippen MR) is 181 cm³/mol. The maximum Gasteiger partial charge on any atom is 0.286 e. The van der Waals surface area contributed by atoms with Gasteiger partial charge >= 0.3 is 0 Å².